The minimum atomic E-state index is -0.477. The Morgan fingerprint density at radius 2 is 1.50 bits per heavy atom. The molecule has 4 aromatic rings. The van der Waals surface area contributed by atoms with Crippen LogP contribution < -0.4 is 24.8 Å². The molecule has 0 saturated carbocycles. The van der Waals surface area contributed by atoms with E-state index in [4.69, 9.17) is 14.2 Å². The molecule has 9 nitrogen and oxygen atoms in total. The molecule has 2 amide bonds. The number of para-hydroxylation sites is 1. The number of rotatable bonds is 11. The van der Waals surface area contributed by atoms with Crippen molar-refractivity contribution in [2.45, 2.75) is 19.9 Å². The Morgan fingerprint density at radius 1 is 0.857 bits per heavy atom. The first kappa shape index (κ1) is 30.7. The number of aromatic nitrogens is 1. The van der Waals surface area contributed by atoms with Crippen molar-refractivity contribution < 1.29 is 28.6 Å². The van der Waals surface area contributed by atoms with Gasteiger partial charge in [0.25, 0.3) is 11.8 Å². The van der Waals surface area contributed by atoms with Crippen LogP contribution in [-0.4, -0.2) is 43.9 Å². The summed E-state index contributed by atoms with van der Waals surface area (Å²) in [6.45, 7) is 3.90. The smallest absolute Gasteiger partial charge is 0.275 e. The van der Waals surface area contributed by atoms with Crippen LogP contribution in [0.1, 0.15) is 61.7 Å². The maximum atomic E-state index is 13.3. The SMILES string of the molecule is COc1cc(C(=O)NC(c2nc(C(=O)Nc3ccccc3C(=O)c3ccc(Br)cc3)cs2)C(C)C)cc(OC)c1OC. The number of halogens is 1. The predicted octanol–water partition coefficient (Wildman–Crippen LogP) is 6.54. The van der Waals surface area contributed by atoms with E-state index in [1.54, 1.807) is 66.0 Å². The van der Waals surface area contributed by atoms with Crippen molar-refractivity contribution in [1.82, 2.24) is 10.3 Å². The van der Waals surface area contributed by atoms with E-state index in [1.165, 1.54) is 32.7 Å². The molecule has 0 radical (unpaired) electrons. The van der Waals surface area contributed by atoms with Gasteiger partial charge >= 0.3 is 0 Å². The Kier molecular flexibility index (Phi) is 9.97. The average Bonchev–Trinajstić information content (AvgIpc) is 3.49. The molecule has 1 heterocycles. The van der Waals surface area contributed by atoms with Gasteiger partial charge in [-0.2, -0.15) is 0 Å². The molecule has 0 spiro atoms. The van der Waals surface area contributed by atoms with E-state index < -0.39 is 11.9 Å². The largest absolute Gasteiger partial charge is 0.493 e. The summed E-state index contributed by atoms with van der Waals surface area (Å²) in [6, 6.07) is 16.5. The Morgan fingerprint density at radius 3 is 2.10 bits per heavy atom. The lowest BCUT2D eigenvalue weighted by Gasteiger charge is -2.21. The van der Waals surface area contributed by atoms with Gasteiger partial charge < -0.3 is 24.8 Å². The van der Waals surface area contributed by atoms with Crippen molar-refractivity contribution in [2.24, 2.45) is 5.92 Å². The lowest BCUT2D eigenvalue weighted by molar-refractivity contribution is 0.0924. The normalized spacial score (nSPS) is 11.5. The highest BCUT2D eigenvalue weighted by molar-refractivity contribution is 9.10. The number of carbonyl (C=O) groups is 3. The molecule has 42 heavy (non-hydrogen) atoms. The first-order chi connectivity index (χ1) is 20.2. The summed E-state index contributed by atoms with van der Waals surface area (Å²) in [5.41, 5.74) is 1.73. The molecule has 0 aliphatic heterocycles. The molecule has 3 aromatic carbocycles. The zero-order chi connectivity index (χ0) is 30.4. The third kappa shape index (κ3) is 6.80. The second-order valence-electron chi connectivity index (χ2n) is 9.52. The quantitative estimate of drug-likeness (QED) is 0.177. The van der Waals surface area contributed by atoms with Crippen LogP contribution in [0.3, 0.4) is 0 Å². The Bertz CT molecular complexity index is 1580. The average molecular weight is 653 g/mol. The summed E-state index contributed by atoms with van der Waals surface area (Å²) in [5, 5.41) is 8.03. The van der Waals surface area contributed by atoms with Gasteiger partial charge in [0.05, 0.1) is 33.1 Å². The van der Waals surface area contributed by atoms with E-state index in [1.807, 2.05) is 13.8 Å². The molecule has 218 valence electrons. The summed E-state index contributed by atoms with van der Waals surface area (Å²) in [4.78, 5) is 44.2. The summed E-state index contributed by atoms with van der Waals surface area (Å²) in [6.07, 6.45) is 0. The van der Waals surface area contributed by atoms with Gasteiger partial charge in [-0.3, -0.25) is 14.4 Å². The number of methoxy groups -OCH3 is 3. The lowest BCUT2D eigenvalue weighted by Crippen LogP contribution is -2.32. The molecule has 0 aliphatic carbocycles. The summed E-state index contributed by atoms with van der Waals surface area (Å²) in [7, 11) is 4.45. The van der Waals surface area contributed by atoms with Crippen LogP contribution in [0.4, 0.5) is 5.69 Å². The van der Waals surface area contributed by atoms with Crippen LogP contribution in [0.2, 0.25) is 0 Å². The first-order valence-corrected chi connectivity index (χ1v) is 14.6. The minimum absolute atomic E-state index is 0.0395. The number of hydrogen-bond donors (Lipinski definition) is 2. The number of nitrogens with zero attached hydrogens (tertiary/aromatic N) is 1. The van der Waals surface area contributed by atoms with Crippen LogP contribution in [0.25, 0.3) is 0 Å². The molecular formula is C31H30BrN3O6S. The number of nitrogens with one attached hydrogen (secondary N) is 2. The van der Waals surface area contributed by atoms with Crippen LogP contribution in [-0.2, 0) is 0 Å². The number of hydrogen-bond acceptors (Lipinski definition) is 8. The monoisotopic (exact) mass is 651 g/mol. The standard InChI is InChI=1S/C31H30BrN3O6S/c1-17(2)26(35-29(37)19-14-24(39-3)28(41-5)25(15-19)40-4)31-34-23(16-42-31)30(38)33-22-9-7-6-8-21(22)27(36)18-10-12-20(32)13-11-18/h6-17,26H,1-5H3,(H,33,38)(H,35,37). The Balaban J connectivity index is 1.53. The van der Waals surface area contributed by atoms with Crippen molar-refractivity contribution in [3.8, 4) is 17.2 Å². The van der Waals surface area contributed by atoms with Crippen LogP contribution in [0.5, 0.6) is 17.2 Å². The van der Waals surface area contributed by atoms with Gasteiger partial charge in [-0.1, -0.05) is 41.9 Å². The number of thiazole rings is 1. The van der Waals surface area contributed by atoms with E-state index in [2.05, 4.69) is 31.5 Å². The van der Waals surface area contributed by atoms with Gasteiger partial charge in [-0.05, 0) is 54.4 Å². The molecule has 0 fully saturated rings. The molecule has 2 N–H and O–H groups in total. The summed E-state index contributed by atoms with van der Waals surface area (Å²) in [5.74, 6) is 0.00801. The van der Waals surface area contributed by atoms with Crippen molar-refractivity contribution in [3.05, 3.63) is 97.9 Å². The first-order valence-electron chi connectivity index (χ1n) is 12.9. The molecule has 1 aromatic heterocycles. The molecule has 0 saturated heterocycles. The molecular weight excluding hydrogens is 622 g/mol. The van der Waals surface area contributed by atoms with Crippen molar-refractivity contribution in [2.75, 3.05) is 26.6 Å². The third-order valence-corrected chi connectivity index (χ3v) is 7.88. The minimum Gasteiger partial charge on any atom is -0.493 e. The van der Waals surface area contributed by atoms with Crippen LogP contribution in [0.15, 0.2) is 70.5 Å². The third-order valence-electron chi connectivity index (χ3n) is 6.43. The summed E-state index contributed by atoms with van der Waals surface area (Å²) >= 11 is 4.64. The van der Waals surface area contributed by atoms with E-state index >= 15 is 0 Å². The van der Waals surface area contributed by atoms with Crippen molar-refractivity contribution in [1.29, 1.82) is 0 Å². The van der Waals surface area contributed by atoms with Gasteiger partial charge in [0.2, 0.25) is 5.75 Å². The van der Waals surface area contributed by atoms with Gasteiger partial charge in [0, 0.05) is 26.5 Å². The number of ketones is 1. The fraction of sp³-hybridized carbons (Fsp3) is 0.226. The topological polar surface area (TPSA) is 116 Å². The maximum absolute atomic E-state index is 13.3. The Labute approximate surface area is 256 Å². The second kappa shape index (κ2) is 13.6. The van der Waals surface area contributed by atoms with Crippen LogP contribution in [0, 0.1) is 5.92 Å². The number of benzene rings is 3. The van der Waals surface area contributed by atoms with Gasteiger partial charge in [-0.25, -0.2) is 4.98 Å². The predicted molar refractivity (Wildman–Crippen MR) is 165 cm³/mol. The van der Waals surface area contributed by atoms with Crippen LogP contribution >= 0.6 is 27.3 Å². The van der Waals surface area contributed by atoms with E-state index in [-0.39, 0.29) is 23.3 Å². The molecule has 11 heteroatoms. The number of anilines is 1. The van der Waals surface area contributed by atoms with Crippen molar-refractivity contribution in [3.63, 3.8) is 0 Å². The van der Waals surface area contributed by atoms with Crippen molar-refractivity contribution >= 4 is 50.6 Å². The van der Waals surface area contributed by atoms with E-state index in [0.717, 1.165) is 4.47 Å². The van der Waals surface area contributed by atoms with Gasteiger partial charge in [0.1, 0.15) is 10.7 Å². The van der Waals surface area contributed by atoms with Gasteiger partial charge in [0.15, 0.2) is 17.3 Å². The molecule has 0 aliphatic rings. The zero-order valence-corrected chi connectivity index (χ0v) is 26.1. The fourth-order valence-corrected chi connectivity index (χ4v) is 5.50. The molecule has 1 atom stereocenters. The zero-order valence-electron chi connectivity index (χ0n) is 23.7. The maximum Gasteiger partial charge on any atom is 0.275 e. The highest BCUT2D eigenvalue weighted by Crippen LogP contribution is 2.38. The summed E-state index contributed by atoms with van der Waals surface area (Å²) < 4.78 is 17.0. The highest BCUT2D eigenvalue weighted by Gasteiger charge is 2.26. The lowest BCUT2D eigenvalue weighted by atomic mass is 10.0. The molecule has 0 bridgehead atoms. The Hall–Kier alpha value is -4.22. The van der Waals surface area contributed by atoms with E-state index in [0.29, 0.717) is 44.6 Å². The number of amides is 2. The number of carbonyl (C=O) groups excluding carboxylic acids is 3. The fourth-order valence-electron chi connectivity index (χ4n) is 4.22. The number of ether oxygens (including phenoxy) is 3. The highest BCUT2D eigenvalue weighted by atomic mass is 79.9. The van der Waals surface area contributed by atoms with E-state index in [9.17, 15) is 14.4 Å². The molecule has 4 rings (SSSR count). The molecule has 1 unspecified atom stereocenters. The second-order valence-corrected chi connectivity index (χ2v) is 11.3. The van der Waals surface area contributed by atoms with Gasteiger partial charge in [-0.15, -0.1) is 11.3 Å².